The first-order chi connectivity index (χ1) is 7.74. The highest BCUT2D eigenvalue weighted by Crippen LogP contribution is 1.98. The maximum absolute atomic E-state index is 3.98. The fourth-order valence-corrected chi connectivity index (χ4v) is 1.44. The molecule has 0 aliphatic carbocycles. The van der Waals surface area contributed by atoms with E-state index in [0.717, 1.165) is 25.2 Å². The van der Waals surface area contributed by atoms with E-state index < -0.39 is 0 Å². The third-order valence-corrected chi connectivity index (χ3v) is 2.93. The molecule has 0 amide bonds. The van der Waals surface area contributed by atoms with Crippen molar-refractivity contribution in [1.82, 2.24) is 20.2 Å². The molecular weight excluding hydrogens is 236 g/mol. The summed E-state index contributed by atoms with van der Waals surface area (Å²) in [7, 11) is 2.17. The smallest absolute Gasteiger partial charge is 0.115 e. The first-order valence-electron chi connectivity index (χ1n) is 5.89. The summed E-state index contributed by atoms with van der Waals surface area (Å²) in [5.41, 5.74) is 1.13. The minimum absolute atomic E-state index is 0. The van der Waals surface area contributed by atoms with Crippen molar-refractivity contribution in [3.05, 3.63) is 24.3 Å². The van der Waals surface area contributed by atoms with Gasteiger partial charge >= 0.3 is 0 Å². The van der Waals surface area contributed by atoms with E-state index in [1.807, 2.05) is 12.4 Å². The Morgan fingerprint density at radius 1 is 1.35 bits per heavy atom. The fraction of sp³-hybridized carbons (Fsp3) is 0.667. The molecular formula is C12H23ClN4. The number of hydrogen-bond acceptors (Lipinski definition) is 4. The Hall–Kier alpha value is -0.710. The molecule has 98 valence electrons. The number of likely N-dealkylation sites (N-methyl/N-ethyl adjacent to an activating group) is 1. The molecule has 0 bridgehead atoms. The van der Waals surface area contributed by atoms with Crippen molar-refractivity contribution in [3.8, 4) is 0 Å². The SMILES string of the molecule is CCC(C)N(C)CCNCc1cncnc1.Cl. The molecule has 0 saturated carbocycles. The second-order valence-corrected chi connectivity index (χ2v) is 4.16. The monoisotopic (exact) mass is 258 g/mol. The van der Waals surface area contributed by atoms with Crippen molar-refractivity contribution in [3.63, 3.8) is 0 Å². The molecule has 0 saturated heterocycles. The van der Waals surface area contributed by atoms with Gasteiger partial charge in [0.15, 0.2) is 0 Å². The van der Waals surface area contributed by atoms with Crippen molar-refractivity contribution < 1.29 is 0 Å². The molecule has 0 radical (unpaired) electrons. The summed E-state index contributed by atoms with van der Waals surface area (Å²) in [5, 5.41) is 3.39. The van der Waals surface area contributed by atoms with Gasteiger partial charge in [0.2, 0.25) is 0 Å². The van der Waals surface area contributed by atoms with Gasteiger partial charge in [-0.25, -0.2) is 9.97 Å². The molecule has 0 aliphatic heterocycles. The number of halogens is 1. The average Bonchev–Trinajstić information content (AvgIpc) is 2.34. The first kappa shape index (κ1) is 16.3. The van der Waals surface area contributed by atoms with Crippen LogP contribution in [-0.4, -0.2) is 41.0 Å². The van der Waals surface area contributed by atoms with Gasteiger partial charge in [0.25, 0.3) is 0 Å². The van der Waals surface area contributed by atoms with Crippen LogP contribution in [0.15, 0.2) is 18.7 Å². The van der Waals surface area contributed by atoms with Crippen molar-refractivity contribution in [1.29, 1.82) is 0 Å². The molecule has 0 aromatic carbocycles. The van der Waals surface area contributed by atoms with E-state index in [1.165, 1.54) is 6.42 Å². The zero-order chi connectivity index (χ0) is 11.8. The predicted octanol–water partition coefficient (Wildman–Crippen LogP) is 1.72. The quantitative estimate of drug-likeness (QED) is 0.757. The molecule has 0 fully saturated rings. The van der Waals surface area contributed by atoms with Crippen LogP contribution in [0.2, 0.25) is 0 Å². The van der Waals surface area contributed by atoms with Gasteiger partial charge in [0.05, 0.1) is 0 Å². The maximum Gasteiger partial charge on any atom is 0.115 e. The molecule has 0 aliphatic rings. The van der Waals surface area contributed by atoms with E-state index in [9.17, 15) is 0 Å². The van der Waals surface area contributed by atoms with Crippen molar-refractivity contribution >= 4 is 12.4 Å². The van der Waals surface area contributed by atoms with Gasteiger partial charge in [0, 0.05) is 43.6 Å². The van der Waals surface area contributed by atoms with Crippen molar-refractivity contribution in [2.75, 3.05) is 20.1 Å². The molecule has 0 spiro atoms. The topological polar surface area (TPSA) is 41.0 Å². The largest absolute Gasteiger partial charge is 0.311 e. The van der Waals surface area contributed by atoms with Crippen LogP contribution < -0.4 is 5.32 Å². The van der Waals surface area contributed by atoms with Gasteiger partial charge in [-0.05, 0) is 20.4 Å². The lowest BCUT2D eigenvalue weighted by molar-refractivity contribution is 0.251. The summed E-state index contributed by atoms with van der Waals surface area (Å²) >= 11 is 0. The summed E-state index contributed by atoms with van der Waals surface area (Å²) in [6.45, 7) is 7.38. The highest BCUT2D eigenvalue weighted by molar-refractivity contribution is 5.85. The molecule has 1 unspecified atom stereocenters. The van der Waals surface area contributed by atoms with Crippen LogP contribution in [0.5, 0.6) is 0 Å². The number of rotatable bonds is 7. The van der Waals surface area contributed by atoms with E-state index in [0.29, 0.717) is 6.04 Å². The normalized spacial score (nSPS) is 12.2. The molecule has 1 rings (SSSR count). The Morgan fingerprint density at radius 3 is 2.59 bits per heavy atom. The Morgan fingerprint density at radius 2 is 2.00 bits per heavy atom. The predicted molar refractivity (Wildman–Crippen MR) is 73.4 cm³/mol. The van der Waals surface area contributed by atoms with Crippen LogP contribution in [0.3, 0.4) is 0 Å². The summed E-state index contributed by atoms with van der Waals surface area (Å²) in [5.74, 6) is 0. The third kappa shape index (κ3) is 6.56. The second-order valence-electron chi connectivity index (χ2n) is 4.16. The van der Waals surface area contributed by atoms with Crippen molar-refractivity contribution in [2.45, 2.75) is 32.9 Å². The molecule has 1 heterocycles. The summed E-state index contributed by atoms with van der Waals surface area (Å²) in [6.07, 6.45) is 6.44. The standard InChI is InChI=1S/C12H22N4.ClH/c1-4-11(2)16(3)6-5-13-7-12-8-14-10-15-9-12;/h8-11,13H,4-7H2,1-3H3;1H. The lowest BCUT2D eigenvalue weighted by atomic mass is 10.2. The van der Waals surface area contributed by atoms with E-state index in [1.54, 1.807) is 6.33 Å². The zero-order valence-corrected chi connectivity index (χ0v) is 11.7. The van der Waals surface area contributed by atoms with Crippen LogP contribution in [0.1, 0.15) is 25.8 Å². The van der Waals surface area contributed by atoms with E-state index in [2.05, 4.69) is 41.1 Å². The number of hydrogen-bond donors (Lipinski definition) is 1. The highest BCUT2D eigenvalue weighted by atomic mass is 35.5. The molecule has 5 heteroatoms. The average molecular weight is 259 g/mol. The molecule has 4 nitrogen and oxygen atoms in total. The number of aromatic nitrogens is 2. The zero-order valence-electron chi connectivity index (χ0n) is 10.9. The molecule has 1 aromatic heterocycles. The van der Waals surface area contributed by atoms with E-state index in [4.69, 9.17) is 0 Å². The Balaban J connectivity index is 0.00000256. The van der Waals surface area contributed by atoms with Crippen LogP contribution in [0.4, 0.5) is 0 Å². The fourth-order valence-electron chi connectivity index (χ4n) is 1.44. The summed E-state index contributed by atoms with van der Waals surface area (Å²) in [4.78, 5) is 10.3. The van der Waals surface area contributed by atoms with Gasteiger partial charge < -0.3 is 10.2 Å². The van der Waals surface area contributed by atoms with Gasteiger partial charge in [0.1, 0.15) is 6.33 Å². The third-order valence-electron chi connectivity index (χ3n) is 2.93. The Bertz CT molecular complexity index is 281. The van der Waals surface area contributed by atoms with Crippen molar-refractivity contribution in [2.24, 2.45) is 0 Å². The van der Waals surface area contributed by atoms with Crippen LogP contribution in [-0.2, 0) is 6.54 Å². The van der Waals surface area contributed by atoms with Gasteiger partial charge in [-0.15, -0.1) is 12.4 Å². The minimum Gasteiger partial charge on any atom is -0.311 e. The minimum atomic E-state index is 0. The molecule has 1 N–H and O–H groups in total. The Labute approximate surface area is 110 Å². The summed E-state index contributed by atoms with van der Waals surface area (Å²) in [6, 6.07) is 0.654. The lowest BCUT2D eigenvalue weighted by Gasteiger charge is -2.23. The molecule has 17 heavy (non-hydrogen) atoms. The number of nitrogens with one attached hydrogen (secondary N) is 1. The summed E-state index contributed by atoms with van der Waals surface area (Å²) < 4.78 is 0. The van der Waals surface area contributed by atoms with E-state index in [-0.39, 0.29) is 12.4 Å². The van der Waals surface area contributed by atoms with E-state index >= 15 is 0 Å². The Kier molecular flexibility index (Phi) is 8.94. The van der Waals surface area contributed by atoms with Gasteiger partial charge in [-0.3, -0.25) is 0 Å². The number of nitrogens with zero attached hydrogens (tertiary/aromatic N) is 3. The van der Waals surface area contributed by atoms with Crippen LogP contribution in [0, 0.1) is 0 Å². The highest BCUT2D eigenvalue weighted by Gasteiger charge is 2.04. The molecule has 1 atom stereocenters. The first-order valence-corrected chi connectivity index (χ1v) is 5.89. The van der Waals surface area contributed by atoms with Crippen LogP contribution >= 0.6 is 12.4 Å². The van der Waals surface area contributed by atoms with Gasteiger partial charge in [-0.1, -0.05) is 6.92 Å². The van der Waals surface area contributed by atoms with Gasteiger partial charge in [-0.2, -0.15) is 0 Å². The maximum atomic E-state index is 3.98. The lowest BCUT2D eigenvalue weighted by Crippen LogP contribution is -2.34. The second kappa shape index (κ2) is 9.33. The molecule has 1 aromatic rings. The van der Waals surface area contributed by atoms with Crippen LogP contribution in [0.25, 0.3) is 0 Å².